The average molecular weight is 588 g/mol. The fourth-order valence-corrected chi connectivity index (χ4v) is 6.17. The fraction of sp³-hybridized carbons (Fsp3) is 0.548. The predicted molar refractivity (Wildman–Crippen MR) is 159 cm³/mol. The summed E-state index contributed by atoms with van der Waals surface area (Å²) in [5.41, 5.74) is 0.846. The van der Waals surface area contributed by atoms with Crippen molar-refractivity contribution in [3.63, 3.8) is 0 Å². The summed E-state index contributed by atoms with van der Waals surface area (Å²) in [4.78, 5) is 26.3. The molecule has 0 fully saturated rings. The van der Waals surface area contributed by atoms with Crippen LogP contribution in [0.2, 0.25) is 0 Å². The van der Waals surface area contributed by atoms with E-state index in [0.29, 0.717) is 31.6 Å². The van der Waals surface area contributed by atoms with Crippen molar-refractivity contribution < 1.29 is 27.9 Å². The number of nitrogens with one attached hydrogen (secondary N) is 2. The number of hydrogen-bond acceptors (Lipinski definition) is 6. The van der Waals surface area contributed by atoms with Crippen LogP contribution < -0.4 is 15.4 Å². The van der Waals surface area contributed by atoms with Crippen molar-refractivity contribution in [1.82, 2.24) is 14.9 Å². The highest BCUT2D eigenvalue weighted by molar-refractivity contribution is 7.89. The molecule has 0 saturated heterocycles. The maximum atomic E-state index is 13.6. The van der Waals surface area contributed by atoms with Crippen LogP contribution >= 0.6 is 0 Å². The number of fused-ring (bicyclic) bond motifs is 13. The van der Waals surface area contributed by atoms with Crippen molar-refractivity contribution in [1.29, 1.82) is 0 Å². The molecular weight excluding hydrogens is 542 g/mol. The van der Waals surface area contributed by atoms with E-state index in [2.05, 4.69) is 10.6 Å². The van der Waals surface area contributed by atoms with Crippen molar-refractivity contribution in [2.45, 2.75) is 82.9 Å². The molecule has 0 unspecified atom stereocenters. The molecule has 226 valence electrons. The topological polar surface area (TPSA) is 125 Å². The molecule has 2 aromatic rings. The number of aliphatic hydroxyl groups excluding tert-OH is 1. The Balaban J connectivity index is 1.92. The molecule has 2 bridgehead atoms. The number of nitrogens with zero attached hydrogens (tertiary/aromatic N) is 1. The highest BCUT2D eigenvalue weighted by Gasteiger charge is 2.33. The standard InChI is InChI=1S/C31H45N3O6S/c1-22(2)17-18-34(41(38,39)26-10-6-5-7-11-26)21-28(35)27-20-24-13-15-25(16-14-24)40-19-9-8-12-29(36)33-30(23(3)4)31(37)32-27/h5-7,10-11,13-16,22-23,27-28,30,35H,8-9,12,17-21H2,1-4H3,(H,32,37)(H,33,36)/t27-,28+,30-/m0/s1. The molecule has 2 aliphatic heterocycles. The third kappa shape index (κ3) is 9.83. The number of benzene rings is 2. The zero-order valence-electron chi connectivity index (χ0n) is 24.6. The Labute approximate surface area is 244 Å². The number of sulfonamides is 1. The number of ether oxygens (including phenoxy) is 1. The highest BCUT2D eigenvalue weighted by atomic mass is 32.2. The molecule has 41 heavy (non-hydrogen) atoms. The molecule has 2 amide bonds. The molecule has 0 aromatic heterocycles. The Bertz CT molecular complexity index is 1220. The summed E-state index contributed by atoms with van der Waals surface area (Å²) in [5.74, 6) is 0.114. The number of carbonyl (C=O) groups excluding carboxylic acids is 2. The molecule has 10 heteroatoms. The van der Waals surface area contributed by atoms with E-state index in [1.807, 2.05) is 52.0 Å². The average Bonchev–Trinajstić information content (AvgIpc) is 2.93. The van der Waals surface area contributed by atoms with Gasteiger partial charge in [-0.1, -0.05) is 58.0 Å². The molecule has 4 rings (SSSR count). The van der Waals surface area contributed by atoms with Crippen molar-refractivity contribution in [3.8, 4) is 5.75 Å². The Morgan fingerprint density at radius 3 is 2.29 bits per heavy atom. The number of carbonyl (C=O) groups is 2. The first-order valence-electron chi connectivity index (χ1n) is 14.5. The van der Waals surface area contributed by atoms with E-state index in [4.69, 9.17) is 4.74 Å². The molecule has 0 spiro atoms. The van der Waals surface area contributed by atoms with Crippen molar-refractivity contribution >= 4 is 21.8 Å². The van der Waals surface area contributed by atoms with Gasteiger partial charge in [0.15, 0.2) is 0 Å². The lowest BCUT2D eigenvalue weighted by Gasteiger charge is -2.32. The van der Waals surface area contributed by atoms with Gasteiger partial charge >= 0.3 is 0 Å². The van der Waals surface area contributed by atoms with Gasteiger partial charge in [0.2, 0.25) is 21.8 Å². The quantitative estimate of drug-likeness (QED) is 0.412. The third-order valence-electron chi connectivity index (χ3n) is 7.23. The molecule has 2 heterocycles. The second-order valence-electron chi connectivity index (χ2n) is 11.5. The molecule has 0 aliphatic carbocycles. The van der Waals surface area contributed by atoms with Crippen molar-refractivity contribution in [2.24, 2.45) is 11.8 Å². The number of rotatable bonds is 9. The summed E-state index contributed by atoms with van der Waals surface area (Å²) in [5, 5.41) is 17.3. The first kappa shape index (κ1) is 32.6. The summed E-state index contributed by atoms with van der Waals surface area (Å²) in [7, 11) is -3.89. The lowest BCUT2D eigenvalue weighted by Crippen LogP contribution is -2.56. The Morgan fingerprint density at radius 1 is 0.976 bits per heavy atom. The smallest absolute Gasteiger partial charge is 0.243 e. The normalized spacial score (nSPS) is 20.1. The zero-order chi connectivity index (χ0) is 30.0. The van der Waals surface area contributed by atoms with E-state index >= 15 is 0 Å². The van der Waals surface area contributed by atoms with Gasteiger partial charge in [-0.15, -0.1) is 0 Å². The van der Waals surface area contributed by atoms with Crippen LogP contribution in [0, 0.1) is 11.8 Å². The Kier molecular flexibility index (Phi) is 12.2. The van der Waals surface area contributed by atoms with Crippen LogP contribution in [0.25, 0.3) is 0 Å². The van der Waals surface area contributed by atoms with Gasteiger partial charge in [-0.3, -0.25) is 9.59 Å². The Hall–Kier alpha value is -2.95. The number of aliphatic hydroxyl groups is 1. The molecule has 3 atom stereocenters. The SMILES string of the molecule is CC(C)CCN(C[C@@H](O)[C@@H]1Cc2ccc(cc2)OCCCCC(=O)N[C@@H](C(C)C)C(=O)N1)S(=O)(=O)c1ccccc1. The third-order valence-corrected chi connectivity index (χ3v) is 9.11. The minimum Gasteiger partial charge on any atom is -0.494 e. The molecule has 0 radical (unpaired) electrons. The molecule has 3 N–H and O–H groups in total. The first-order valence-corrected chi connectivity index (χ1v) is 16.0. The minimum absolute atomic E-state index is 0.149. The van der Waals surface area contributed by atoms with Crippen molar-refractivity contribution in [2.75, 3.05) is 19.7 Å². The summed E-state index contributed by atoms with van der Waals surface area (Å²) in [6.45, 7) is 8.23. The number of hydrogen-bond donors (Lipinski definition) is 3. The van der Waals surface area contributed by atoms with Gasteiger partial charge in [-0.2, -0.15) is 4.31 Å². The maximum absolute atomic E-state index is 13.6. The van der Waals surface area contributed by atoms with E-state index in [1.54, 1.807) is 18.2 Å². The second kappa shape index (κ2) is 15.3. The maximum Gasteiger partial charge on any atom is 0.243 e. The number of amides is 2. The first-order chi connectivity index (χ1) is 19.5. The van der Waals surface area contributed by atoms with Crippen molar-refractivity contribution in [3.05, 3.63) is 60.2 Å². The predicted octanol–water partition coefficient (Wildman–Crippen LogP) is 3.52. The monoisotopic (exact) mass is 587 g/mol. The molecule has 9 nitrogen and oxygen atoms in total. The van der Waals surface area contributed by atoms with E-state index < -0.39 is 34.1 Å². The van der Waals surface area contributed by atoms with E-state index in [1.165, 1.54) is 16.4 Å². The second-order valence-corrected chi connectivity index (χ2v) is 13.4. The van der Waals surface area contributed by atoms with E-state index in [9.17, 15) is 23.1 Å². The summed E-state index contributed by atoms with van der Waals surface area (Å²) in [6, 6.07) is 14.0. The van der Waals surface area contributed by atoms with Gasteiger partial charge in [-0.05, 0) is 67.3 Å². The van der Waals surface area contributed by atoms with Crippen LogP contribution in [0.3, 0.4) is 0 Å². The molecule has 2 aromatic carbocycles. The molecule has 2 aliphatic rings. The van der Waals surface area contributed by atoms with Gasteiger partial charge in [-0.25, -0.2) is 8.42 Å². The summed E-state index contributed by atoms with van der Waals surface area (Å²) in [6.07, 6.45) is 1.25. The van der Waals surface area contributed by atoms with Crippen LogP contribution in [-0.4, -0.2) is 67.5 Å². The van der Waals surface area contributed by atoms with Gasteiger partial charge in [0, 0.05) is 19.5 Å². The van der Waals surface area contributed by atoms with Gasteiger partial charge in [0.05, 0.1) is 23.6 Å². The lowest BCUT2D eigenvalue weighted by atomic mass is 9.98. The Morgan fingerprint density at radius 2 is 1.66 bits per heavy atom. The van der Waals surface area contributed by atoms with Crippen LogP contribution in [-0.2, 0) is 26.0 Å². The summed E-state index contributed by atoms with van der Waals surface area (Å²) >= 11 is 0. The largest absolute Gasteiger partial charge is 0.494 e. The van der Waals surface area contributed by atoms with Crippen LogP contribution in [0.5, 0.6) is 5.75 Å². The zero-order valence-corrected chi connectivity index (χ0v) is 25.4. The van der Waals surface area contributed by atoms with Gasteiger partial charge < -0.3 is 20.5 Å². The minimum atomic E-state index is -3.89. The van der Waals surface area contributed by atoms with Crippen LogP contribution in [0.1, 0.15) is 58.9 Å². The lowest BCUT2D eigenvalue weighted by molar-refractivity contribution is -0.131. The fourth-order valence-electron chi connectivity index (χ4n) is 4.68. The van der Waals surface area contributed by atoms with Crippen LogP contribution in [0.4, 0.5) is 0 Å². The highest BCUT2D eigenvalue weighted by Crippen LogP contribution is 2.20. The van der Waals surface area contributed by atoms with Crippen LogP contribution in [0.15, 0.2) is 59.5 Å². The molecular formula is C31H45N3O6S. The van der Waals surface area contributed by atoms with Gasteiger partial charge in [0.1, 0.15) is 11.8 Å². The molecule has 0 saturated carbocycles. The summed E-state index contributed by atoms with van der Waals surface area (Å²) < 4.78 is 34.3. The van der Waals surface area contributed by atoms with E-state index in [-0.39, 0.29) is 48.6 Å². The van der Waals surface area contributed by atoms with Gasteiger partial charge in [0.25, 0.3) is 0 Å². The van der Waals surface area contributed by atoms with E-state index in [0.717, 1.165) is 5.56 Å².